The van der Waals surface area contributed by atoms with Gasteiger partial charge in [-0.2, -0.15) is 0 Å². The van der Waals surface area contributed by atoms with Gasteiger partial charge in [-0.3, -0.25) is 0 Å². The number of hydrogen-bond donors (Lipinski definition) is 2. The lowest BCUT2D eigenvalue weighted by atomic mass is 10.1. The lowest BCUT2D eigenvalue weighted by molar-refractivity contribution is 0.195. The van der Waals surface area contributed by atoms with E-state index in [9.17, 15) is 0 Å². The Morgan fingerprint density at radius 1 is 1.50 bits per heavy atom. The average Bonchev–Trinajstić information content (AvgIpc) is 1.96. The highest BCUT2D eigenvalue weighted by atomic mass is 79.9. The Kier molecular flexibility index (Phi) is 3.12. The maximum Gasteiger partial charge on any atom is 0.115 e. The van der Waals surface area contributed by atoms with Crippen molar-refractivity contribution < 1.29 is 10.2 Å². The van der Waals surface area contributed by atoms with E-state index in [-0.39, 0.29) is 11.9 Å². The molecule has 0 radical (unpaired) electrons. The fourth-order valence-corrected chi connectivity index (χ4v) is 1.44. The van der Waals surface area contributed by atoms with Crippen LogP contribution in [0.2, 0.25) is 0 Å². The predicted molar refractivity (Wildman–Crippen MR) is 51.2 cm³/mol. The third-order valence-electron chi connectivity index (χ3n) is 1.54. The summed E-state index contributed by atoms with van der Waals surface area (Å²) in [5.41, 5.74) is 0.921. The Labute approximate surface area is 80.0 Å². The predicted octanol–water partition coefficient (Wildman–Crippen LogP) is 2.08. The molecule has 1 atom stereocenters. The zero-order chi connectivity index (χ0) is 9.14. The molecule has 1 aromatic carbocycles. The summed E-state index contributed by atoms with van der Waals surface area (Å²) in [6, 6.07) is 5.03. The molecule has 12 heavy (non-hydrogen) atoms. The first-order valence-electron chi connectivity index (χ1n) is 3.75. The largest absolute Gasteiger partial charge is 0.508 e. The number of halogens is 1. The molecule has 2 nitrogen and oxygen atoms in total. The fourth-order valence-electron chi connectivity index (χ4n) is 1.04. The second kappa shape index (κ2) is 3.92. The van der Waals surface area contributed by atoms with E-state index in [4.69, 9.17) is 10.2 Å². The Balaban J connectivity index is 2.90. The number of aliphatic hydroxyl groups excluding tert-OH is 1. The smallest absolute Gasteiger partial charge is 0.115 e. The Hall–Kier alpha value is -0.540. The molecule has 66 valence electrons. The molecule has 0 aliphatic heterocycles. The molecular weight excluding hydrogens is 220 g/mol. The molecule has 0 bridgehead atoms. The van der Waals surface area contributed by atoms with Crippen molar-refractivity contribution in [2.75, 3.05) is 0 Å². The van der Waals surface area contributed by atoms with E-state index in [2.05, 4.69) is 15.9 Å². The number of rotatable bonds is 2. The van der Waals surface area contributed by atoms with E-state index >= 15 is 0 Å². The number of hydrogen-bond acceptors (Lipinski definition) is 2. The summed E-state index contributed by atoms with van der Waals surface area (Å²) in [7, 11) is 0. The molecule has 3 heteroatoms. The Bertz CT molecular complexity index is 271. The second-order valence-corrected chi connectivity index (χ2v) is 3.68. The van der Waals surface area contributed by atoms with Gasteiger partial charge in [-0.1, -0.05) is 15.9 Å². The van der Waals surface area contributed by atoms with Crippen molar-refractivity contribution in [1.29, 1.82) is 0 Å². The van der Waals surface area contributed by atoms with Crippen molar-refractivity contribution in [2.24, 2.45) is 0 Å². The Morgan fingerprint density at radius 3 is 2.75 bits per heavy atom. The highest BCUT2D eigenvalue weighted by Gasteiger charge is 2.04. The monoisotopic (exact) mass is 230 g/mol. The minimum Gasteiger partial charge on any atom is -0.508 e. The first kappa shape index (κ1) is 9.55. The SMILES string of the molecule is C[C@@H](O)Cc1cc(O)ccc1Br. The van der Waals surface area contributed by atoms with Gasteiger partial charge in [0.25, 0.3) is 0 Å². The first-order chi connectivity index (χ1) is 5.59. The topological polar surface area (TPSA) is 40.5 Å². The van der Waals surface area contributed by atoms with Crippen LogP contribution in [0.15, 0.2) is 22.7 Å². The van der Waals surface area contributed by atoms with E-state index in [0.717, 1.165) is 10.0 Å². The molecule has 0 aliphatic carbocycles. The molecule has 1 aromatic rings. The second-order valence-electron chi connectivity index (χ2n) is 2.83. The van der Waals surface area contributed by atoms with Crippen molar-refractivity contribution in [3.05, 3.63) is 28.2 Å². The minimum absolute atomic E-state index is 0.230. The quantitative estimate of drug-likeness (QED) is 0.817. The van der Waals surface area contributed by atoms with Gasteiger partial charge < -0.3 is 10.2 Å². The van der Waals surface area contributed by atoms with Gasteiger partial charge in [-0.25, -0.2) is 0 Å². The van der Waals surface area contributed by atoms with Crippen LogP contribution in [-0.2, 0) is 6.42 Å². The van der Waals surface area contributed by atoms with Crippen LogP contribution in [0.3, 0.4) is 0 Å². The van der Waals surface area contributed by atoms with Gasteiger partial charge in [0, 0.05) is 4.47 Å². The van der Waals surface area contributed by atoms with E-state index in [0.29, 0.717) is 6.42 Å². The van der Waals surface area contributed by atoms with Gasteiger partial charge >= 0.3 is 0 Å². The molecule has 0 saturated heterocycles. The van der Waals surface area contributed by atoms with Gasteiger partial charge in [0.15, 0.2) is 0 Å². The van der Waals surface area contributed by atoms with Crippen LogP contribution in [0.5, 0.6) is 5.75 Å². The highest BCUT2D eigenvalue weighted by molar-refractivity contribution is 9.10. The zero-order valence-corrected chi connectivity index (χ0v) is 8.37. The summed E-state index contributed by atoms with van der Waals surface area (Å²) in [4.78, 5) is 0. The van der Waals surface area contributed by atoms with Gasteiger partial charge in [-0.05, 0) is 37.1 Å². The molecule has 0 saturated carbocycles. The van der Waals surface area contributed by atoms with Crippen LogP contribution in [0.4, 0.5) is 0 Å². The standard InChI is InChI=1S/C9H11BrO2/c1-6(11)4-7-5-8(12)2-3-9(7)10/h2-3,5-6,11-12H,4H2,1H3/t6-/m1/s1. The minimum atomic E-state index is -0.386. The lowest BCUT2D eigenvalue weighted by Crippen LogP contribution is -2.04. The molecule has 0 amide bonds. The maximum atomic E-state index is 9.15. The van der Waals surface area contributed by atoms with Crippen molar-refractivity contribution >= 4 is 15.9 Å². The van der Waals surface area contributed by atoms with Crippen molar-refractivity contribution in [2.45, 2.75) is 19.4 Å². The fraction of sp³-hybridized carbons (Fsp3) is 0.333. The molecular formula is C9H11BrO2. The highest BCUT2D eigenvalue weighted by Crippen LogP contribution is 2.22. The molecule has 0 aliphatic rings. The molecule has 2 N–H and O–H groups in total. The molecule has 0 spiro atoms. The van der Waals surface area contributed by atoms with Crippen molar-refractivity contribution in [3.8, 4) is 5.75 Å². The summed E-state index contributed by atoms with van der Waals surface area (Å²) in [5.74, 6) is 0.230. The third kappa shape index (κ3) is 2.50. The van der Waals surface area contributed by atoms with Crippen LogP contribution in [0.1, 0.15) is 12.5 Å². The van der Waals surface area contributed by atoms with E-state index in [1.807, 2.05) is 0 Å². The summed E-state index contributed by atoms with van der Waals surface area (Å²) in [6.07, 6.45) is 0.165. The van der Waals surface area contributed by atoms with Gasteiger partial charge in [0.1, 0.15) is 5.75 Å². The third-order valence-corrected chi connectivity index (χ3v) is 2.32. The maximum absolute atomic E-state index is 9.15. The van der Waals surface area contributed by atoms with Crippen LogP contribution in [0.25, 0.3) is 0 Å². The van der Waals surface area contributed by atoms with Gasteiger partial charge in [0.05, 0.1) is 6.10 Å². The number of phenolic OH excluding ortho intramolecular Hbond substituents is 1. The number of aromatic hydroxyl groups is 1. The molecule has 0 unspecified atom stereocenters. The molecule has 0 fully saturated rings. The Morgan fingerprint density at radius 2 is 2.17 bits per heavy atom. The lowest BCUT2D eigenvalue weighted by Gasteiger charge is -2.06. The van der Waals surface area contributed by atoms with Crippen LogP contribution in [0, 0.1) is 0 Å². The summed E-state index contributed by atoms with van der Waals surface area (Å²) < 4.78 is 0.918. The van der Waals surface area contributed by atoms with Crippen LogP contribution in [-0.4, -0.2) is 16.3 Å². The molecule has 0 heterocycles. The number of benzene rings is 1. The summed E-state index contributed by atoms with van der Waals surface area (Å²) in [6.45, 7) is 1.72. The molecule has 0 aromatic heterocycles. The van der Waals surface area contributed by atoms with Gasteiger partial charge in [0.2, 0.25) is 0 Å². The number of aliphatic hydroxyl groups is 1. The van der Waals surface area contributed by atoms with Crippen molar-refractivity contribution in [3.63, 3.8) is 0 Å². The first-order valence-corrected chi connectivity index (χ1v) is 4.54. The molecule has 1 rings (SSSR count). The van der Waals surface area contributed by atoms with Gasteiger partial charge in [-0.15, -0.1) is 0 Å². The average molecular weight is 231 g/mol. The van der Waals surface area contributed by atoms with Crippen LogP contribution >= 0.6 is 15.9 Å². The van der Waals surface area contributed by atoms with E-state index in [1.165, 1.54) is 0 Å². The normalized spacial score (nSPS) is 12.9. The number of phenols is 1. The van der Waals surface area contributed by atoms with Crippen molar-refractivity contribution in [1.82, 2.24) is 0 Å². The van der Waals surface area contributed by atoms with Crippen LogP contribution < -0.4 is 0 Å². The summed E-state index contributed by atoms with van der Waals surface area (Å²) in [5, 5.41) is 18.3. The van der Waals surface area contributed by atoms with E-state index < -0.39 is 0 Å². The zero-order valence-electron chi connectivity index (χ0n) is 6.79. The van der Waals surface area contributed by atoms with E-state index in [1.54, 1.807) is 25.1 Å². The summed E-state index contributed by atoms with van der Waals surface area (Å²) >= 11 is 3.34.